The number of hydrogen-bond donors (Lipinski definition) is 0. The number of ether oxygens (including phenoxy) is 1. The van der Waals surface area contributed by atoms with E-state index < -0.39 is 5.67 Å². The molecule has 0 N–H and O–H groups in total. The van der Waals surface area contributed by atoms with Crippen LogP contribution in [0.2, 0.25) is 0 Å². The maximum Gasteiger partial charge on any atom is 0.260 e. The smallest absolute Gasteiger partial charge is 0.260 e. The predicted molar refractivity (Wildman–Crippen MR) is 81.5 cm³/mol. The van der Waals surface area contributed by atoms with Gasteiger partial charge in [-0.15, -0.1) is 0 Å². The number of rotatable bonds is 3. The van der Waals surface area contributed by atoms with E-state index in [2.05, 4.69) is 0 Å². The molecule has 0 aromatic carbocycles. The second kappa shape index (κ2) is 5.72. The molecule has 0 spiro atoms. The summed E-state index contributed by atoms with van der Waals surface area (Å²) in [5, 5.41) is 0. The first-order valence-corrected chi connectivity index (χ1v) is 8.96. The van der Waals surface area contributed by atoms with Crippen LogP contribution in [0.5, 0.6) is 0 Å². The molecule has 23 heavy (non-hydrogen) atoms. The minimum absolute atomic E-state index is 0.0215. The standard InChI is InChI=1S/C17H25FN2O3/c18-17(6-7-17)16(22)19-8-3-14-13(19)1-2-15(21)20(14)11-12-4-9-23-10-5-12/h12-14H,1-11H2/t13-,14-/m1/s1. The van der Waals surface area contributed by atoms with Gasteiger partial charge in [-0.1, -0.05) is 0 Å². The lowest BCUT2D eigenvalue weighted by atomic mass is 9.92. The zero-order chi connectivity index (χ0) is 16.0. The fraction of sp³-hybridized carbons (Fsp3) is 0.882. The maximum atomic E-state index is 14.2. The van der Waals surface area contributed by atoms with Crippen LogP contribution in [0.25, 0.3) is 0 Å². The van der Waals surface area contributed by atoms with E-state index in [1.807, 2.05) is 4.90 Å². The fourth-order valence-electron chi connectivity index (χ4n) is 4.43. The molecule has 128 valence electrons. The number of carbonyl (C=O) groups excluding carboxylic acids is 2. The molecular formula is C17H25FN2O3. The average Bonchev–Trinajstić information content (AvgIpc) is 3.17. The number of hydrogen-bond acceptors (Lipinski definition) is 3. The molecular weight excluding hydrogens is 299 g/mol. The molecule has 5 nitrogen and oxygen atoms in total. The second-order valence-corrected chi connectivity index (χ2v) is 7.53. The summed E-state index contributed by atoms with van der Waals surface area (Å²) in [5.74, 6) is 0.367. The number of fused-ring (bicyclic) bond motifs is 1. The zero-order valence-corrected chi connectivity index (χ0v) is 13.5. The second-order valence-electron chi connectivity index (χ2n) is 7.53. The molecule has 3 saturated heterocycles. The van der Waals surface area contributed by atoms with Gasteiger partial charge >= 0.3 is 0 Å². The van der Waals surface area contributed by atoms with Gasteiger partial charge in [0.25, 0.3) is 5.91 Å². The van der Waals surface area contributed by atoms with Gasteiger partial charge in [0.1, 0.15) is 0 Å². The summed E-state index contributed by atoms with van der Waals surface area (Å²) in [6, 6.07) is 0.110. The van der Waals surface area contributed by atoms with E-state index in [9.17, 15) is 14.0 Å². The van der Waals surface area contributed by atoms with Gasteiger partial charge in [-0.05, 0) is 44.4 Å². The molecule has 6 heteroatoms. The lowest BCUT2D eigenvalue weighted by molar-refractivity contribution is -0.146. The molecule has 4 rings (SSSR count). The minimum atomic E-state index is -1.60. The van der Waals surface area contributed by atoms with Gasteiger partial charge in [-0.2, -0.15) is 0 Å². The third kappa shape index (κ3) is 2.75. The molecule has 0 bridgehead atoms. The van der Waals surface area contributed by atoms with Crippen molar-refractivity contribution in [2.24, 2.45) is 5.92 Å². The van der Waals surface area contributed by atoms with Crippen molar-refractivity contribution >= 4 is 11.8 Å². The average molecular weight is 324 g/mol. The van der Waals surface area contributed by atoms with Crippen LogP contribution >= 0.6 is 0 Å². The fourth-order valence-corrected chi connectivity index (χ4v) is 4.43. The third-order valence-electron chi connectivity index (χ3n) is 6.01. The Hall–Kier alpha value is -1.17. The van der Waals surface area contributed by atoms with Gasteiger partial charge < -0.3 is 14.5 Å². The number of alkyl halides is 1. The van der Waals surface area contributed by atoms with E-state index in [4.69, 9.17) is 4.74 Å². The van der Waals surface area contributed by atoms with Crippen LogP contribution in [0, 0.1) is 5.92 Å². The first-order chi connectivity index (χ1) is 11.1. The summed E-state index contributed by atoms with van der Waals surface area (Å²) in [7, 11) is 0. The highest BCUT2D eigenvalue weighted by Crippen LogP contribution is 2.44. The number of piperidine rings is 1. The van der Waals surface area contributed by atoms with E-state index in [1.54, 1.807) is 4.90 Å². The number of likely N-dealkylation sites (tertiary alicyclic amines) is 2. The largest absolute Gasteiger partial charge is 0.381 e. The molecule has 0 unspecified atom stereocenters. The van der Waals surface area contributed by atoms with E-state index in [-0.39, 0.29) is 23.9 Å². The van der Waals surface area contributed by atoms with Crippen molar-refractivity contribution in [2.75, 3.05) is 26.3 Å². The molecule has 3 heterocycles. The van der Waals surface area contributed by atoms with Crippen LogP contribution in [0.3, 0.4) is 0 Å². The van der Waals surface area contributed by atoms with Crippen molar-refractivity contribution in [3.63, 3.8) is 0 Å². The lowest BCUT2D eigenvalue weighted by Gasteiger charge is -2.42. The van der Waals surface area contributed by atoms with Crippen molar-refractivity contribution in [1.29, 1.82) is 0 Å². The summed E-state index contributed by atoms with van der Waals surface area (Å²) in [5.41, 5.74) is -1.60. The first kappa shape index (κ1) is 15.4. The highest BCUT2D eigenvalue weighted by Gasteiger charge is 2.56. The normalized spacial score (nSPS) is 33.7. The molecule has 2 amide bonds. The number of nitrogens with zero attached hydrogens (tertiary/aromatic N) is 2. The Labute approximate surface area is 136 Å². The Kier molecular flexibility index (Phi) is 3.82. The van der Waals surface area contributed by atoms with Crippen molar-refractivity contribution in [3.8, 4) is 0 Å². The van der Waals surface area contributed by atoms with Crippen molar-refractivity contribution in [3.05, 3.63) is 0 Å². The summed E-state index contributed by atoms with van der Waals surface area (Å²) in [6.07, 6.45) is 4.69. The van der Waals surface area contributed by atoms with Crippen molar-refractivity contribution in [1.82, 2.24) is 9.80 Å². The SMILES string of the molecule is O=C1CC[C@@H]2[C@@H](CCN2C(=O)C2(F)CC2)N1CC1CCOCC1. The third-order valence-corrected chi connectivity index (χ3v) is 6.01. The van der Waals surface area contributed by atoms with Crippen LogP contribution in [0.1, 0.15) is 44.9 Å². The zero-order valence-electron chi connectivity index (χ0n) is 13.5. The van der Waals surface area contributed by atoms with Crippen molar-refractivity contribution in [2.45, 2.75) is 62.7 Å². The summed E-state index contributed by atoms with van der Waals surface area (Å²) < 4.78 is 19.6. The molecule has 2 atom stereocenters. The Morgan fingerprint density at radius 1 is 1.17 bits per heavy atom. The van der Waals surface area contributed by atoms with Crippen LogP contribution in [0.15, 0.2) is 0 Å². The molecule has 0 aromatic rings. The van der Waals surface area contributed by atoms with Crippen molar-refractivity contribution < 1.29 is 18.7 Å². The molecule has 3 aliphatic heterocycles. The van der Waals surface area contributed by atoms with Gasteiger partial charge in [0, 0.05) is 32.7 Å². The highest BCUT2D eigenvalue weighted by atomic mass is 19.1. The van der Waals surface area contributed by atoms with E-state index in [0.717, 1.165) is 39.0 Å². The lowest BCUT2D eigenvalue weighted by Crippen LogP contribution is -2.55. The Balaban J connectivity index is 1.46. The first-order valence-electron chi connectivity index (χ1n) is 8.96. The van der Waals surface area contributed by atoms with Crippen LogP contribution in [-0.2, 0) is 14.3 Å². The molecule has 0 aromatic heterocycles. The molecule has 1 saturated carbocycles. The maximum absolute atomic E-state index is 14.2. The highest BCUT2D eigenvalue weighted by molar-refractivity contribution is 5.89. The molecule has 4 aliphatic rings. The molecule has 1 aliphatic carbocycles. The van der Waals surface area contributed by atoms with Gasteiger partial charge in [0.05, 0.1) is 12.1 Å². The summed E-state index contributed by atoms with van der Waals surface area (Å²) in [6.45, 7) is 2.91. The van der Waals surface area contributed by atoms with Crippen LogP contribution < -0.4 is 0 Å². The topological polar surface area (TPSA) is 49.9 Å². The molecule has 0 radical (unpaired) electrons. The number of halogens is 1. The van der Waals surface area contributed by atoms with E-state index >= 15 is 0 Å². The van der Waals surface area contributed by atoms with Crippen LogP contribution in [0.4, 0.5) is 4.39 Å². The van der Waals surface area contributed by atoms with E-state index in [1.165, 1.54) is 0 Å². The summed E-state index contributed by atoms with van der Waals surface area (Å²) >= 11 is 0. The minimum Gasteiger partial charge on any atom is -0.381 e. The Morgan fingerprint density at radius 3 is 2.61 bits per heavy atom. The number of amides is 2. The monoisotopic (exact) mass is 324 g/mol. The predicted octanol–water partition coefficient (Wildman–Crippen LogP) is 1.51. The van der Waals surface area contributed by atoms with Crippen LogP contribution in [-0.4, -0.2) is 65.7 Å². The quantitative estimate of drug-likeness (QED) is 0.791. The number of carbonyl (C=O) groups is 2. The molecule has 4 fully saturated rings. The summed E-state index contributed by atoms with van der Waals surface area (Å²) in [4.78, 5) is 28.5. The van der Waals surface area contributed by atoms with Gasteiger partial charge in [-0.25, -0.2) is 4.39 Å². The van der Waals surface area contributed by atoms with Gasteiger partial charge in [0.15, 0.2) is 5.67 Å². The Bertz CT molecular complexity index is 502. The van der Waals surface area contributed by atoms with Gasteiger partial charge in [0.2, 0.25) is 5.91 Å². The van der Waals surface area contributed by atoms with E-state index in [0.29, 0.717) is 38.1 Å². The Morgan fingerprint density at radius 2 is 1.91 bits per heavy atom. The van der Waals surface area contributed by atoms with Gasteiger partial charge in [-0.3, -0.25) is 9.59 Å².